The lowest BCUT2D eigenvalue weighted by Crippen LogP contribution is -2.47. The number of likely N-dealkylation sites (tertiary alicyclic amines) is 1. The lowest BCUT2D eigenvalue weighted by Gasteiger charge is -2.57. The molecule has 0 aromatic heterocycles. The lowest BCUT2D eigenvalue weighted by molar-refractivity contribution is -0.0614. The van der Waals surface area contributed by atoms with Gasteiger partial charge in [-0.3, -0.25) is 0 Å². The Kier molecular flexibility index (Phi) is 4.16. The van der Waals surface area contributed by atoms with Crippen molar-refractivity contribution in [3.8, 4) is 0 Å². The lowest BCUT2D eigenvalue weighted by atomic mass is 9.49. The van der Waals surface area contributed by atoms with Gasteiger partial charge in [0.15, 0.2) is 0 Å². The fraction of sp³-hybridized carbons (Fsp3) is 1.00. The third-order valence-corrected chi connectivity index (χ3v) is 6.57. The summed E-state index contributed by atoms with van der Waals surface area (Å²) in [4.78, 5) is 2.77. The summed E-state index contributed by atoms with van der Waals surface area (Å²) in [5.74, 6) is 3.41. The fourth-order valence-electron chi connectivity index (χ4n) is 6.17. The van der Waals surface area contributed by atoms with Gasteiger partial charge in [0.25, 0.3) is 0 Å². The molecule has 0 N–H and O–H groups in total. The smallest absolute Gasteiger partial charge is 0.00134 e. The summed E-state index contributed by atoms with van der Waals surface area (Å²) >= 11 is 0. The Labute approximate surface area is 124 Å². The maximum absolute atomic E-state index is 2.77. The summed E-state index contributed by atoms with van der Waals surface area (Å²) < 4.78 is 0. The van der Waals surface area contributed by atoms with Gasteiger partial charge in [0.2, 0.25) is 0 Å². The van der Waals surface area contributed by atoms with E-state index in [0.717, 1.165) is 23.2 Å². The minimum Gasteiger partial charge on any atom is -0.303 e. The van der Waals surface area contributed by atoms with Crippen LogP contribution in [-0.4, -0.2) is 24.5 Å². The van der Waals surface area contributed by atoms with Crippen LogP contribution in [0, 0.1) is 23.2 Å². The Balaban J connectivity index is 0.00000110. The summed E-state index contributed by atoms with van der Waals surface area (Å²) in [6.45, 7) is 4.21. The first-order valence-electron chi connectivity index (χ1n) is 8.54. The highest BCUT2D eigenvalue weighted by molar-refractivity contribution is 5.85. The second kappa shape index (κ2) is 5.56. The van der Waals surface area contributed by atoms with E-state index >= 15 is 0 Å². The molecule has 4 bridgehead atoms. The Morgan fingerprint density at radius 1 is 0.789 bits per heavy atom. The van der Waals surface area contributed by atoms with Crippen molar-refractivity contribution in [3.63, 3.8) is 0 Å². The monoisotopic (exact) mass is 283 g/mol. The molecule has 5 aliphatic rings. The highest BCUT2D eigenvalue weighted by atomic mass is 35.5. The van der Waals surface area contributed by atoms with Crippen molar-refractivity contribution >= 4 is 12.4 Å². The third-order valence-electron chi connectivity index (χ3n) is 6.57. The van der Waals surface area contributed by atoms with Gasteiger partial charge in [-0.2, -0.15) is 0 Å². The van der Waals surface area contributed by atoms with E-state index in [0.29, 0.717) is 0 Å². The van der Waals surface area contributed by atoms with Gasteiger partial charge in [-0.15, -0.1) is 12.4 Å². The van der Waals surface area contributed by atoms with Crippen molar-refractivity contribution in [2.45, 2.75) is 64.2 Å². The Morgan fingerprint density at radius 3 is 1.84 bits per heavy atom. The Hall–Kier alpha value is 0.250. The SMILES string of the molecule is C1CCN(CCC23CC4CC(CC(C4)C2)C3)CC1.Cl. The molecule has 5 rings (SSSR count). The fourth-order valence-corrected chi connectivity index (χ4v) is 6.17. The van der Waals surface area contributed by atoms with Gasteiger partial charge >= 0.3 is 0 Å². The normalized spacial score (nSPS) is 45.2. The molecule has 4 saturated carbocycles. The van der Waals surface area contributed by atoms with Crippen molar-refractivity contribution in [2.75, 3.05) is 19.6 Å². The summed E-state index contributed by atoms with van der Waals surface area (Å²) in [5.41, 5.74) is 0.812. The van der Waals surface area contributed by atoms with Gasteiger partial charge in [0, 0.05) is 0 Å². The zero-order valence-corrected chi connectivity index (χ0v) is 13.1. The van der Waals surface area contributed by atoms with E-state index in [1.807, 2.05) is 0 Å². The summed E-state index contributed by atoms with van der Waals surface area (Å²) in [5, 5.41) is 0. The van der Waals surface area contributed by atoms with Crippen molar-refractivity contribution < 1.29 is 0 Å². The van der Waals surface area contributed by atoms with Crippen LogP contribution in [0.5, 0.6) is 0 Å². The average Bonchev–Trinajstić information content (AvgIpc) is 2.36. The molecule has 1 heterocycles. The van der Waals surface area contributed by atoms with Crippen LogP contribution in [0.3, 0.4) is 0 Å². The number of hydrogen-bond acceptors (Lipinski definition) is 1. The highest BCUT2D eigenvalue weighted by Gasteiger charge is 2.50. The molecule has 0 radical (unpaired) electrons. The van der Waals surface area contributed by atoms with Crippen LogP contribution in [0.2, 0.25) is 0 Å². The quantitative estimate of drug-likeness (QED) is 0.737. The van der Waals surface area contributed by atoms with Crippen LogP contribution in [0.15, 0.2) is 0 Å². The van der Waals surface area contributed by atoms with Gasteiger partial charge in [-0.05, 0) is 101 Å². The molecule has 1 aliphatic heterocycles. The molecule has 0 unspecified atom stereocenters. The van der Waals surface area contributed by atoms with Crippen LogP contribution < -0.4 is 0 Å². The van der Waals surface area contributed by atoms with Gasteiger partial charge in [0.05, 0.1) is 0 Å². The molecule has 1 nitrogen and oxygen atoms in total. The van der Waals surface area contributed by atoms with Crippen molar-refractivity contribution in [2.24, 2.45) is 23.2 Å². The largest absolute Gasteiger partial charge is 0.303 e. The molecule has 4 aliphatic carbocycles. The maximum atomic E-state index is 2.77. The van der Waals surface area contributed by atoms with E-state index in [1.165, 1.54) is 45.3 Å². The minimum absolute atomic E-state index is 0. The van der Waals surface area contributed by atoms with E-state index in [-0.39, 0.29) is 12.4 Å². The number of piperidine rings is 1. The molecule has 0 amide bonds. The van der Waals surface area contributed by atoms with Crippen molar-refractivity contribution in [1.82, 2.24) is 4.90 Å². The van der Waals surface area contributed by atoms with Crippen molar-refractivity contribution in [1.29, 1.82) is 0 Å². The van der Waals surface area contributed by atoms with Crippen LogP contribution in [0.4, 0.5) is 0 Å². The highest BCUT2D eigenvalue weighted by Crippen LogP contribution is 2.61. The molecular formula is C17H30ClN. The molecular weight excluding hydrogens is 254 g/mol. The van der Waals surface area contributed by atoms with Crippen molar-refractivity contribution in [3.05, 3.63) is 0 Å². The molecule has 0 aromatic carbocycles. The average molecular weight is 284 g/mol. The topological polar surface area (TPSA) is 3.24 Å². The predicted octanol–water partition coefficient (Wildman–Crippen LogP) is 4.50. The van der Waals surface area contributed by atoms with Gasteiger partial charge in [0.1, 0.15) is 0 Å². The zero-order valence-electron chi connectivity index (χ0n) is 12.3. The van der Waals surface area contributed by atoms with Crippen LogP contribution in [0.1, 0.15) is 64.2 Å². The van der Waals surface area contributed by atoms with E-state index in [9.17, 15) is 0 Å². The Morgan fingerprint density at radius 2 is 1.32 bits per heavy atom. The minimum atomic E-state index is 0. The zero-order chi connectivity index (χ0) is 12.0. The molecule has 0 aromatic rings. The molecule has 0 spiro atoms. The number of halogens is 1. The summed E-state index contributed by atoms with van der Waals surface area (Å²) in [6.07, 6.45) is 15.5. The first kappa shape index (κ1) is 14.2. The molecule has 1 saturated heterocycles. The number of nitrogens with zero attached hydrogens (tertiary/aromatic N) is 1. The van der Waals surface area contributed by atoms with E-state index < -0.39 is 0 Å². The first-order chi connectivity index (χ1) is 8.81. The molecule has 2 heteroatoms. The van der Waals surface area contributed by atoms with Gasteiger partial charge in [-0.25, -0.2) is 0 Å². The van der Waals surface area contributed by atoms with Crippen LogP contribution >= 0.6 is 12.4 Å². The van der Waals surface area contributed by atoms with Gasteiger partial charge < -0.3 is 4.90 Å². The second-order valence-corrected chi connectivity index (χ2v) is 8.07. The second-order valence-electron chi connectivity index (χ2n) is 8.07. The predicted molar refractivity (Wildman–Crippen MR) is 82.8 cm³/mol. The number of hydrogen-bond donors (Lipinski definition) is 0. The molecule has 5 fully saturated rings. The third kappa shape index (κ3) is 2.83. The van der Waals surface area contributed by atoms with E-state index in [1.54, 1.807) is 38.5 Å². The Bertz CT molecular complexity index is 273. The molecule has 0 atom stereocenters. The maximum Gasteiger partial charge on any atom is -0.00134 e. The summed E-state index contributed by atoms with van der Waals surface area (Å²) in [7, 11) is 0. The van der Waals surface area contributed by atoms with E-state index in [4.69, 9.17) is 0 Å². The molecule has 19 heavy (non-hydrogen) atoms. The van der Waals surface area contributed by atoms with Crippen LogP contribution in [-0.2, 0) is 0 Å². The van der Waals surface area contributed by atoms with Crippen LogP contribution in [0.25, 0.3) is 0 Å². The number of rotatable bonds is 3. The standard InChI is InChI=1S/C17H29N.ClH/c1-2-5-18(6-3-1)7-4-17-11-14-8-15(12-17)10-16(9-14)13-17;/h14-16H,1-13H2;1H. The first-order valence-corrected chi connectivity index (χ1v) is 8.54. The van der Waals surface area contributed by atoms with Gasteiger partial charge in [-0.1, -0.05) is 6.42 Å². The van der Waals surface area contributed by atoms with E-state index in [2.05, 4.69) is 4.90 Å². The summed E-state index contributed by atoms with van der Waals surface area (Å²) in [6, 6.07) is 0. The molecule has 110 valence electrons.